The zero-order valence-corrected chi connectivity index (χ0v) is 11.6. The molecule has 1 atom stereocenters. The van der Waals surface area contributed by atoms with Gasteiger partial charge in [-0.1, -0.05) is 20.8 Å². The summed E-state index contributed by atoms with van der Waals surface area (Å²) >= 11 is 0. The average Bonchev–Trinajstić information content (AvgIpc) is 2.21. The van der Waals surface area contributed by atoms with E-state index in [2.05, 4.69) is 10.6 Å². The van der Waals surface area contributed by atoms with Gasteiger partial charge in [0.15, 0.2) is 0 Å². The summed E-state index contributed by atoms with van der Waals surface area (Å²) in [6, 6.07) is -0.780. The Morgan fingerprint density at radius 2 is 1.94 bits per heavy atom. The summed E-state index contributed by atoms with van der Waals surface area (Å²) in [5.74, 6) is -0.926. The number of carbonyl (C=O) groups is 2. The summed E-state index contributed by atoms with van der Waals surface area (Å²) in [4.78, 5) is 22.3. The minimum atomic E-state index is -0.926. The Morgan fingerprint density at radius 3 is 2.39 bits per heavy atom. The Bertz CT molecular complexity index is 274. The Labute approximate surface area is 108 Å². The topological polar surface area (TPSA) is 87.7 Å². The predicted octanol–water partition coefficient (Wildman–Crippen LogP) is 1.21. The van der Waals surface area contributed by atoms with E-state index in [-0.39, 0.29) is 17.9 Å². The fourth-order valence-electron chi connectivity index (χ4n) is 1.34. The van der Waals surface area contributed by atoms with Crippen LogP contribution in [0.5, 0.6) is 0 Å². The number of amides is 2. The number of urea groups is 1. The van der Waals surface area contributed by atoms with Gasteiger partial charge < -0.3 is 20.5 Å². The van der Waals surface area contributed by atoms with Gasteiger partial charge in [0.05, 0.1) is 13.0 Å². The average molecular weight is 260 g/mol. The number of hydrogen-bond acceptors (Lipinski definition) is 3. The van der Waals surface area contributed by atoms with Gasteiger partial charge in [0.2, 0.25) is 0 Å². The highest BCUT2D eigenvalue weighted by Crippen LogP contribution is 2.21. The zero-order chi connectivity index (χ0) is 14.2. The van der Waals surface area contributed by atoms with E-state index >= 15 is 0 Å². The van der Waals surface area contributed by atoms with Crippen molar-refractivity contribution in [3.8, 4) is 0 Å². The fourth-order valence-corrected chi connectivity index (χ4v) is 1.34. The van der Waals surface area contributed by atoms with Crippen LogP contribution in [0.1, 0.15) is 34.1 Å². The molecule has 6 nitrogen and oxygen atoms in total. The van der Waals surface area contributed by atoms with E-state index in [9.17, 15) is 9.59 Å². The van der Waals surface area contributed by atoms with Gasteiger partial charge in [0, 0.05) is 19.2 Å². The van der Waals surface area contributed by atoms with Crippen molar-refractivity contribution >= 4 is 12.0 Å². The summed E-state index contributed by atoms with van der Waals surface area (Å²) in [6.07, 6.45) is -0.0949. The highest BCUT2D eigenvalue weighted by molar-refractivity contribution is 5.75. The Hall–Kier alpha value is -1.30. The summed E-state index contributed by atoms with van der Waals surface area (Å²) in [5, 5.41) is 14.1. The zero-order valence-electron chi connectivity index (χ0n) is 11.6. The number of carboxylic acids is 1. The maximum atomic E-state index is 11.6. The second kappa shape index (κ2) is 7.92. The van der Waals surface area contributed by atoms with Crippen LogP contribution < -0.4 is 10.6 Å². The smallest absolute Gasteiger partial charge is 0.315 e. The van der Waals surface area contributed by atoms with Crippen molar-refractivity contribution < 1.29 is 19.4 Å². The molecule has 18 heavy (non-hydrogen) atoms. The molecule has 0 aromatic carbocycles. The lowest BCUT2D eigenvalue weighted by Crippen LogP contribution is -2.49. The number of rotatable bonds is 7. The number of carbonyl (C=O) groups excluding carboxylic acids is 1. The van der Waals surface area contributed by atoms with E-state index in [1.165, 1.54) is 0 Å². The number of aliphatic carboxylic acids is 1. The predicted molar refractivity (Wildman–Crippen MR) is 68.5 cm³/mol. The van der Waals surface area contributed by atoms with Gasteiger partial charge in [-0.15, -0.1) is 0 Å². The monoisotopic (exact) mass is 260 g/mol. The van der Waals surface area contributed by atoms with Crippen molar-refractivity contribution in [2.75, 3.05) is 19.8 Å². The van der Waals surface area contributed by atoms with E-state index in [1.807, 2.05) is 27.7 Å². The lowest BCUT2D eigenvalue weighted by atomic mass is 9.85. The van der Waals surface area contributed by atoms with Crippen LogP contribution in [0.4, 0.5) is 4.79 Å². The van der Waals surface area contributed by atoms with Crippen LogP contribution in [0, 0.1) is 5.41 Å². The largest absolute Gasteiger partial charge is 0.481 e. The third-order valence-electron chi connectivity index (χ3n) is 2.47. The molecule has 0 spiro atoms. The van der Waals surface area contributed by atoms with Crippen molar-refractivity contribution in [2.45, 2.75) is 40.2 Å². The number of ether oxygens (including phenoxy) is 1. The third kappa shape index (κ3) is 7.89. The van der Waals surface area contributed by atoms with Gasteiger partial charge in [0.1, 0.15) is 0 Å². The first-order valence-electron chi connectivity index (χ1n) is 6.11. The molecule has 0 aliphatic carbocycles. The molecule has 0 radical (unpaired) electrons. The van der Waals surface area contributed by atoms with E-state index in [4.69, 9.17) is 9.84 Å². The molecule has 0 aliphatic heterocycles. The summed E-state index contributed by atoms with van der Waals surface area (Å²) in [6.45, 7) is 9.01. The van der Waals surface area contributed by atoms with Crippen LogP contribution >= 0.6 is 0 Å². The van der Waals surface area contributed by atoms with E-state index in [0.717, 1.165) is 0 Å². The first kappa shape index (κ1) is 16.7. The molecule has 0 saturated carbocycles. The van der Waals surface area contributed by atoms with Crippen LogP contribution in [0.3, 0.4) is 0 Å². The van der Waals surface area contributed by atoms with Crippen LogP contribution in [-0.4, -0.2) is 42.9 Å². The summed E-state index contributed by atoms with van der Waals surface area (Å²) in [5.41, 5.74) is -0.310. The Balaban J connectivity index is 4.15. The van der Waals surface area contributed by atoms with Crippen LogP contribution in [-0.2, 0) is 9.53 Å². The van der Waals surface area contributed by atoms with E-state index in [0.29, 0.717) is 19.8 Å². The third-order valence-corrected chi connectivity index (χ3v) is 2.47. The molecule has 0 aromatic heterocycles. The number of carboxylic acid groups (broad SMARTS) is 1. The minimum Gasteiger partial charge on any atom is -0.481 e. The Kier molecular flexibility index (Phi) is 7.35. The quantitative estimate of drug-likeness (QED) is 0.600. The van der Waals surface area contributed by atoms with Crippen molar-refractivity contribution in [2.24, 2.45) is 5.41 Å². The number of nitrogens with one attached hydrogen (secondary N) is 2. The molecular weight excluding hydrogens is 236 g/mol. The molecule has 0 rings (SSSR count). The molecule has 106 valence electrons. The van der Waals surface area contributed by atoms with Crippen molar-refractivity contribution in [3.63, 3.8) is 0 Å². The molecular formula is C12H24N2O4. The van der Waals surface area contributed by atoms with Gasteiger partial charge in [-0.2, -0.15) is 0 Å². The molecule has 1 unspecified atom stereocenters. The Morgan fingerprint density at radius 1 is 1.33 bits per heavy atom. The first-order chi connectivity index (χ1) is 8.27. The highest BCUT2D eigenvalue weighted by atomic mass is 16.5. The van der Waals surface area contributed by atoms with Gasteiger partial charge in [-0.05, 0) is 12.3 Å². The minimum absolute atomic E-state index is 0.0949. The molecule has 0 heterocycles. The van der Waals surface area contributed by atoms with Gasteiger partial charge in [-0.3, -0.25) is 4.79 Å². The van der Waals surface area contributed by atoms with Crippen LogP contribution in [0.2, 0.25) is 0 Å². The van der Waals surface area contributed by atoms with E-state index < -0.39 is 12.0 Å². The normalized spacial score (nSPS) is 12.9. The highest BCUT2D eigenvalue weighted by Gasteiger charge is 2.28. The SMILES string of the molecule is CCOCCNC(=O)NC(CC(=O)O)C(C)(C)C. The molecule has 0 fully saturated rings. The number of hydrogen-bond donors (Lipinski definition) is 3. The van der Waals surface area contributed by atoms with Gasteiger partial charge in [0.25, 0.3) is 0 Å². The molecule has 3 N–H and O–H groups in total. The standard InChI is InChI=1S/C12H24N2O4/c1-5-18-7-6-13-11(17)14-9(8-10(15)16)12(2,3)4/h9H,5-8H2,1-4H3,(H,15,16)(H2,13,14,17). The lowest BCUT2D eigenvalue weighted by molar-refractivity contribution is -0.138. The maximum absolute atomic E-state index is 11.6. The molecule has 0 aliphatic rings. The second-order valence-corrected chi connectivity index (χ2v) is 5.11. The lowest BCUT2D eigenvalue weighted by Gasteiger charge is -2.30. The summed E-state index contributed by atoms with van der Waals surface area (Å²) in [7, 11) is 0. The molecule has 6 heteroatoms. The second-order valence-electron chi connectivity index (χ2n) is 5.11. The van der Waals surface area contributed by atoms with Gasteiger partial charge in [-0.25, -0.2) is 4.79 Å². The van der Waals surface area contributed by atoms with Crippen molar-refractivity contribution in [3.05, 3.63) is 0 Å². The van der Waals surface area contributed by atoms with Crippen LogP contribution in [0.25, 0.3) is 0 Å². The molecule has 0 aromatic rings. The van der Waals surface area contributed by atoms with Crippen molar-refractivity contribution in [1.82, 2.24) is 10.6 Å². The van der Waals surface area contributed by atoms with Crippen molar-refractivity contribution in [1.29, 1.82) is 0 Å². The molecule has 0 bridgehead atoms. The van der Waals surface area contributed by atoms with Gasteiger partial charge >= 0.3 is 12.0 Å². The molecule has 2 amide bonds. The fraction of sp³-hybridized carbons (Fsp3) is 0.833. The maximum Gasteiger partial charge on any atom is 0.315 e. The van der Waals surface area contributed by atoms with E-state index in [1.54, 1.807) is 0 Å². The first-order valence-corrected chi connectivity index (χ1v) is 6.11. The van der Waals surface area contributed by atoms with Crippen LogP contribution in [0.15, 0.2) is 0 Å². The summed E-state index contributed by atoms with van der Waals surface area (Å²) < 4.78 is 5.08. The molecule has 0 saturated heterocycles.